The number of amidine groups is 1. The molecular formula is C17H19BrN2O3S2. The Morgan fingerprint density at radius 3 is 2.48 bits per heavy atom. The summed E-state index contributed by atoms with van der Waals surface area (Å²) in [5.74, 6) is 0.273. The van der Waals surface area contributed by atoms with Gasteiger partial charge in [0, 0.05) is 21.3 Å². The van der Waals surface area contributed by atoms with E-state index in [0.29, 0.717) is 5.17 Å². The van der Waals surface area contributed by atoms with Crippen LogP contribution in [0.2, 0.25) is 0 Å². The van der Waals surface area contributed by atoms with Gasteiger partial charge in [0.2, 0.25) is 0 Å². The number of halogens is 1. The van der Waals surface area contributed by atoms with Crippen molar-refractivity contribution < 1.29 is 13.2 Å². The van der Waals surface area contributed by atoms with E-state index < -0.39 is 9.84 Å². The smallest absolute Gasteiger partial charge is 0.251 e. The molecule has 2 saturated heterocycles. The summed E-state index contributed by atoms with van der Waals surface area (Å²) >= 11 is 4.95. The molecule has 1 aromatic rings. The molecule has 1 aromatic carbocycles. The molecule has 0 radical (unpaired) electrons. The van der Waals surface area contributed by atoms with Crippen LogP contribution in [0.15, 0.2) is 21.6 Å². The van der Waals surface area contributed by atoms with Crippen molar-refractivity contribution >= 4 is 54.3 Å². The van der Waals surface area contributed by atoms with Crippen LogP contribution in [0.1, 0.15) is 24.0 Å². The molecule has 0 spiro atoms. The van der Waals surface area contributed by atoms with Crippen LogP contribution in [0.3, 0.4) is 0 Å². The van der Waals surface area contributed by atoms with Gasteiger partial charge in [-0.2, -0.15) is 4.99 Å². The van der Waals surface area contributed by atoms with Gasteiger partial charge in [-0.3, -0.25) is 4.79 Å². The number of hydrogen-bond donors (Lipinski definition) is 0. The highest BCUT2D eigenvalue weighted by atomic mass is 79.9. The fourth-order valence-corrected chi connectivity index (χ4v) is 8.22. The Balaban J connectivity index is 1.80. The van der Waals surface area contributed by atoms with Crippen LogP contribution in [0.4, 0.5) is 5.69 Å². The number of aliphatic imine (C=N–C) groups is 1. The Bertz CT molecular complexity index is 870. The van der Waals surface area contributed by atoms with Crippen molar-refractivity contribution in [1.29, 1.82) is 0 Å². The molecule has 3 aliphatic rings. The second kappa shape index (κ2) is 6.09. The van der Waals surface area contributed by atoms with Gasteiger partial charge in [-0.1, -0.05) is 27.7 Å². The van der Waals surface area contributed by atoms with Gasteiger partial charge in [0.25, 0.3) is 5.91 Å². The van der Waals surface area contributed by atoms with Gasteiger partial charge in [-0.15, -0.1) is 0 Å². The number of amides is 1. The molecule has 0 aromatic heterocycles. The normalized spacial score (nSPS) is 29.2. The van der Waals surface area contributed by atoms with Gasteiger partial charge in [0.05, 0.1) is 17.5 Å². The quantitative estimate of drug-likeness (QED) is 0.703. The van der Waals surface area contributed by atoms with Gasteiger partial charge < -0.3 is 4.90 Å². The van der Waals surface area contributed by atoms with E-state index in [4.69, 9.17) is 0 Å². The molecule has 2 aliphatic heterocycles. The zero-order chi connectivity index (χ0) is 17.9. The zero-order valence-corrected chi connectivity index (χ0v) is 17.2. The molecule has 0 N–H and O–H groups in total. The summed E-state index contributed by atoms with van der Waals surface area (Å²) in [5, 5.41) is 0.605. The molecule has 25 heavy (non-hydrogen) atoms. The Morgan fingerprint density at radius 1 is 1.24 bits per heavy atom. The minimum absolute atomic E-state index is 0.0572. The lowest BCUT2D eigenvalue weighted by Crippen LogP contribution is -2.38. The number of rotatable bonds is 2. The first-order chi connectivity index (χ1) is 11.7. The predicted molar refractivity (Wildman–Crippen MR) is 105 cm³/mol. The fourth-order valence-electron chi connectivity index (χ4n) is 3.62. The number of fused-ring (bicyclic) bond motifs is 1. The van der Waals surface area contributed by atoms with Crippen molar-refractivity contribution in [3.8, 4) is 0 Å². The monoisotopic (exact) mass is 442 g/mol. The summed E-state index contributed by atoms with van der Waals surface area (Å²) in [7, 11) is -3.05. The lowest BCUT2D eigenvalue weighted by atomic mass is 10.1. The molecule has 1 amide bonds. The summed E-state index contributed by atoms with van der Waals surface area (Å²) in [4.78, 5) is 18.7. The topological polar surface area (TPSA) is 66.8 Å². The highest BCUT2D eigenvalue weighted by molar-refractivity contribution is 9.10. The van der Waals surface area contributed by atoms with E-state index in [1.54, 1.807) is 0 Å². The molecule has 4 rings (SSSR count). The second-order valence-corrected chi connectivity index (χ2v) is 11.3. The van der Waals surface area contributed by atoms with Crippen molar-refractivity contribution in [2.24, 2.45) is 10.9 Å². The molecule has 1 saturated carbocycles. The average molecular weight is 443 g/mol. The Morgan fingerprint density at radius 2 is 1.88 bits per heavy atom. The Labute approximate surface area is 160 Å². The van der Waals surface area contributed by atoms with Crippen molar-refractivity contribution in [1.82, 2.24) is 0 Å². The maximum Gasteiger partial charge on any atom is 0.251 e. The van der Waals surface area contributed by atoms with E-state index in [0.717, 1.165) is 34.1 Å². The summed E-state index contributed by atoms with van der Waals surface area (Å²) in [6, 6.07) is 3.88. The first-order valence-electron chi connectivity index (χ1n) is 8.31. The minimum atomic E-state index is -3.05. The fraction of sp³-hybridized carbons (Fsp3) is 0.529. The van der Waals surface area contributed by atoms with Crippen LogP contribution in [0.25, 0.3) is 0 Å². The molecule has 3 fully saturated rings. The molecule has 2 heterocycles. The van der Waals surface area contributed by atoms with Crippen LogP contribution < -0.4 is 4.90 Å². The first-order valence-corrected chi connectivity index (χ1v) is 11.8. The third-order valence-electron chi connectivity index (χ3n) is 4.90. The summed E-state index contributed by atoms with van der Waals surface area (Å²) in [6.07, 6.45) is 1.83. The van der Waals surface area contributed by atoms with Crippen LogP contribution in [0.5, 0.6) is 0 Å². The number of anilines is 1. The average Bonchev–Trinajstić information content (AvgIpc) is 3.22. The van der Waals surface area contributed by atoms with Gasteiger partial charge in [-0.25, -0.2) is 8.42 Å². The van der Waals surface area contributed by atoms with E-state index in [1.165, 1.54) is 11.8 Å². The number of hydrogen-bond acceptors (Lipinski definition) is 4. The summed E-state index contributed by atoms with van der Waals surface area (Å²) in [5.41, 5.74) is 3.07. The predicted octanol–water partition coefficient (Wildman–Crippen LogP) is 3.08. The molecule has 134 valence electrons. The SMILES string of the molecule is Cc1cc(Br)cc(C)c1N1C(=NC(=O)C2CC2)SC2CS(=O)(=O)CC21. The third kappa shape index (κ3) is 3.28. The number of sulfone groups is 1. The molecular weight excluding hydrogens is 424 g/mol. The summed E-state index contributed by atoms with van der Waals surface area (Å²) < 4.78 is 25.3. The number of carbonyl (C=O) groups is 1. The minimum Gasteiger partial charge on any atom is -0.315 e. The maximum absolute atomic E-state index is 12.3. The summed E-state index contributed by atoms with van der Waals surface area (Å²) in [6.45, 7) is 4.02. The molecule has 2 unspecified atom stereocenters. The van der Waals surface area contributed by atoms with Crippen molar-refractivity contribution in [2.75, 3.05) is 16.4 Å². The van der Waals surface area contributed by atoms with Gasteiger partial charge in [-0.05, 0) is 49.9 Å². The first kappa shape index (κ1) is 17.5. The van der Waals surface area contributed by atoms with Crippen LogP contribution in [-0.4, -0.2) is 42.3 Å². The van der Waals surface area contributed by atoms with E-state index >= 15 is 0 Å². The number of aryl methyl sites for hydroxylation is 2. The molecule has 1 aliphatic carbocycles. The standard InChI is InChI=1S/C17H19BrN2O3S2/c1-9-5-12(18)6-10(2)15(9)20-13-7-25(22,23)8-14(13)24-17(20)19-16(21)11-3-4-11/h5-6,11,13-14H,3-4,7-8H2,1-2H3. The number of thioether (sulfide) groups is 1. The van der Waals surface area contributed by atoms with E-state index in [9.17, 15) is 13.2 Å². The zero-order valence-electron chi connectivity index (χ0n) is 14.0. The highest BCUT2D eigenvalue weighted by Crippen LogP contribution is 2.44. The Kier molecular flexibility index (Phi) is 4.28. The van der Waals surface area contributed by atoms with Crippen molar-refractivity contribution in [3.05, 3.63) is 27.7 Å². The van der Waals surface area contributed by atoms with Crippen LogP contribution >= 0.6 is 27.7 Å². The highest BCUT2D eigenvalue weighted by Gasteiger charge is 2.50. The van der Waals surface area contributed by atoms with Crippen molar-refractivity contribution in [3.63, 3.8) is 0 Å². The lowest BCUT2D eigenvalue weighted by molar-refractivity contribution is -0.118. The lowest BCUT2D eigenvalue weighted by Gasteiger charge is -2.28. The van der Waals surface area contributed by atoms with Gasteiger partial charge in [0.15, 0.2) is 15.0 Å². The molecule has 0 bridgehead atoms. The number of carbonyl (C=O) groups excluding carboxylic acids is 1. The number of benzene rings is 1. The molecule has 5 nitrogen and oxygen atoms in total. The van der Waals surface area contributed by atoms with Crippen LogP contribution in [0, 0.1) is 19.8 Å². The Hall–Kier alpha value is -0.860. The van der Waals surface area contributed by atoms with E-state index in [1.807, 2.05) is 30.9 Å². The molecule has 8 heteroatoms. The largest absolute Gasteiger partial charge is 0.315 e. The number of nitrogens with zero attached hydrogens (tertiary/aromatic N) is 2. The second-order valence-electron chi connectivity index (χ2n) is 7.07. The third-order valence-corrected chi connectivity index (χ3v) is 8.56. The maximum atomic E-state index is 12.3. The molecule has 2 atom stereocenters. The van der Waals surface area contributed by atoms with Crippen molar-refractivity contribution in [2.45, 2.75) is 38.0 Å². The van der Waals surface area contributed by atoms with E-state index in [-0.39, 0.29) is 34.6 Å². The van der Waals surface area contributed by atoms with E-state index in [2.05, 4.69) is 20.9 Å². The van der Waals surface area contributed by atoms with Gasteiger partial charge >= 0.3 is 0 Å². The van der Waals surface area contributed by atoms with Gasteiger partial charge in [0.1, 0.15) is 0 Å². The van der Waals surface area contributed by atoms with Crippen LogP contribution in [-0.2, 0) is 14.6 Å².